The van der Waals surface area contributed by atoms with E-state index in [9.17, 15) is 0 Å². The van der Waals surface area contributed by atoms with Gasteiger partial charge in [0.05, 0.1) is 6.54 Å². The Balaban J connectivity index is 1.31. The fourth-order valence-corrected chi connectivity index (χ4v) is 3.15. The summed E-state index contributed by atoms with van der Waals surface area (Å²) in [5.41, 5.74) is 2.59. The molecule has 130 valence electrons. The van der Waals surface area contributed by atoms with E-state index in [0.29, 0.717) is 13.2 Å². The third kappa shape index (κ3) is 3.20. The molecule has 6 heteroatoms. The Kier molecular flexibility index (Phi) is 4.33. The second-order valence-electron chi connectivity index (χ2n) is 5.87. The predicted octanol–water partition coefficient (Wildman–Crippen LogP) is 2.43. The van der Waals surface area contributed by atoms with Crippen molar-refractivity contribution in [2.45, 2.75) is 6.42 Å². The number of rotatable bonds is 4. The summed E-state index contributed by atoms with van der Waals surface area (Å²) < 4.78 is 16.4. The van der Waals surface area contributed by atoms with Crippen molar-refractivity contribution in [1.29, 1.82) is 0 Å². The van der Waals surface area contributed by atoms with Gasteiger partial charge in [0, 0.05) is 25.3 Å². The largest absolute Gasteiger partial charge is 0.492 e. The van der Waals surface area contributed by atoms with Crippen LogP contribution in [0.2, 0.25) is 0 Å². The summed E-state index contributed by atoms with van der Waals surface area (Å²) in [6.45, 7) is 2.42. The molecule has 0 radical (unpaired) electrons. The minimum atomic E-state index is 0.272. The average Bonchev–Trinajstić information content (AvgIpc) is 3.28. The van der Waals surface area contributed by atoms with Crippen molar-refractivity contribution in [3.63, 3.8) is 0 Å². The van der Waals surface area contributed by atoms with Crippen LogP contribution >= 0.6 is 0 Å². The van der Waals surface area contributed by atoms with Crippen LogP contribution in [0.1, 0.15) is 5.56 Å². The summed E-state index contributed by atoms with van der Waals surface area (Å²) >= 11 is 0. The van der Waals surface area contributed by atoms with E-state index >= 15 is 0 Å². The van der Waals surface area contributed by atoms with Crippen molar-refractivity contribution < 1.29 is 14.2 Å². The molecule has 6 nitrogen and oxygen atoms in total. The molecular formula is C19H21N3O3. The molecule has 2 heterocycles. The summed E-state index contributed by atoms with van der Waals surface area (Å²) in [6.07, 6.45) is 1.05. The van der Waals surface area contributed by atoms with E-state index in [4.69, 9.17) is 14.2 Å². The topological polar surface area (TPSA) is 55.3 Å². The molecule has 1 N–H and O–H groups in total. The molecule has 25 heavy (non-hydrogen) atoms. The standard InChI is InChI=1S/C19H21N3O3/c1-20-19(22-10-8-14-4-2-3-5-16(14)22)21-9-11-23-15-6-7-17-18(12-15)25-13-24-17/h2-7,12H,8-11,13H2,1H3,(H,20,21). The predicted molar refractivity (Wildman–Crippen MR) is 96.9 cm³/mol. The van der Waals surface area contributed by atoms with Gasteiger partial charge < -0.3 is 24.4 Å². The summed E-state index contributed by atoms with van der Waals surface area (Å²) in [5, 5.41) is 3.37. The lowest BCUT2D eigenvalue weighted by Gasteiger charge is -2.22. The van der Waals surface area contributed by atoms with E-state index < -0.39 is 0 Å². The number of fused-ring (bicyclic) bond motifs is 2. The van der Waals surface area contributed by atoms with Crippen LogP contribution in [0.4, 0.5) is 5.69 Å². The number of para-hydroxylation sites is 1. The lowest BCUT2D eigenvalue weighted by molar-refractivity contribution is 0.173. The molecule has 4 rings (SSSR count). The first-order chi connectivity index (χ1) is 12.3. The number of nitrogens with zero attached hydrogens (tertiary/aromatic N) is 2. The first-order valence-corrected chi connectivity index (χ1v) is 8.44. The van der Waals surface area contributed by atoms with Gasteiger partial charge in [-0.25, -0.2) is 0 Å². The molecule has 0 spiro atoms. The van der Waals surface area contributed by atoms with Crippen LogP contribution in [0, 0.1) is 0 Å². The number of guanidine groups is 1. The molecule has 2 aromatic rings. The van der Waals surface area contributed by atoms with Crippen LogP contribution in [-0.2, 0) is 6.42 Å². The van der Waals surface area contributed by atoms with Crippen LogP contribution in [0.25, 0.3) is 0 Å². The van der Waals surface area contributed by atoms with E-state index in [0.717, 1.165) is 36.2 Å². The van der Waals surface area contributed by atoms with Gasteiger partial charge in [-0.05, 0) is 30.2 Å². The molecule has 0 atom stereocenters. The van der Waals surface area contributed by atoms with E-state index in [1.165, 1.54) is 11.3 Å². The van der Waals surface area contributed by atoms with Gasteiger partial charge in [0.25, 0.3) is 0 Å². The molecule has 0 saturated carbocycles. The summed E-state index contributed by atoms with van der Waals surface area (Å²) in [4.78, 5) is 6.62. The van der Waals surface area contributed by atoms with Crippen LogP contribution in [-0.4, -0.2) is 39.5 Å². The number of aliphatic imine (C=N–C) groups is 1. The van der Waals surface area contributed by atoms with Crippen LogP contribution in [0.3, 0.4) is 0 Å². The lowest BCUT2D eigenvalue weighted by atomic mass is 10.2. The summed E-state index contributed by atoms with van der Waals surface area (Å²) in [6, 6.07) is 14.1. The van der Waals surface area contributed by atoms with Crippen molar-refractivity contribution in [3.8, 4) is 17.2 Å². The van der Waals surface area contributed by atoms with Gasteiger partial charge in [-0.2, -0.15) is 0 Å². The molecule has 0 fully saturated rings. The maximum Gasteiger partial charge on any atom is 0.231 e. The zero-order valence-corrected chi connectivity index (χ0v) is 14.2. The molecule has 0 aliphatic carbocycles. The summed E-state index contributed by atoms with van der Waals surface area (Å²) in [5.74, 6) is 3.14. The number of nitrogens with one attached hydrogen (secondary N) is 1. The number of hydrogen-bond donors (Lipinski definition) is 1. The normalized spacial score (nSPS) is 15.2. The van der Waals surface area contributed by atoms with E-state index in [2.05, 4.69) is 39.5 Å². The van der Waals surface area contributed by atoms with Crippen LogP contribution in [0.5, 0.6) is 17.2 Å². The number of benzene rings is 2. The van der Waals surface area contributed by atoms with Gasteiger partial charge in [-0.3, -0.25) is 4.99 Å². The molecule has 0 bridgehead atoms. The number of anilines is 1. The molecule has 2 aliphatic heterocycles. The van der Waals surface area contributed by atoms with Crippen LogP contribution < -0.4 is 24.4 Å². The van der Waals surface area contributed by atoms with Crippen molar-refractivity contribution in [2.75, 3.05) is 38.4 Å². The fourth-order valence-electron chi connectivity index (χ4n) is 3.15. The van der Waals surface area contributed by atoms with Crippen molar-refractivity contribution in [3.05, 3.63) is 48.0 Å². The van der Waals surface area contributed by atoms with Gasteiger partial charge in [-0.15, -0.1) is 0 Å². The molecule has 0 amide bonds. The minimum Gasteiger partial charge on any atom is -0.492 e. The molecule has 2 aliphatic rings. The van der Waals surface area contributed by atoms with Gasteiger partial charge >= 0.3 is 0 Å². The maximum atomic E-state index is 5.79. The van der Waals surface area contributed by atoms with Crippen LogP contribution in [0.15, 0.2) is 47.5 Å². The van der Waals surface area contributed by atoms with Crippen molar-refractivity contribution in [2.24, 2.45) is 4.99 Å². The third-order valence-corrected chi connectivity index (χ3v) is 4.35. The SMILES string of the molecule is CN=C(NCCOc1ccc2c(c1)OCO2)N1CCc2ccccc21. The Morgan fingerprint density at radius 2 is 2.08 bits per heavy atom. The second-order valence-corrected chi connectivity index (χ2v) is 5.87. The maximum absolute atomic E-state index is 5.79. The third-order valence-electron chi connectivity index (χ3n) is 4.35. The Labute approximate surface area is 147 Å². The van der Waals surface area contributed by atoms with Crippen molar-refractivity contribution in [1.82, 2.24) is 5.32 Å². The fraction of sp³-hybridized carbons (Fsp3) is 0.316. The quantitative estimate of drug-likeness (QED) is 0.527. The Morgan fingerprint density at radius 1 is 1.20 bits per heavy atom. The highest BCUT2D eigenvalue weighted by Gasteiger charge is 2.22. The minimum absolute atomic E-state index is 0.272. The smallest absolute Gasteiger partial charge is 0.231 e. The van der Waals surface area contributed by atoms with Gasteiger partial charge in [0.2, 0.25) is 6.79 Å². The van der Waals surface area contributed by atoms with E-state index in [1.807, 2.05) is 25.2 Å². The number of hydrogen-bond acceptors (Lipinski definition) is 4. The van der Waals surface area contributed by atoms with Gasteiger partial charge in [0.15, 0.2) is 17.5 Å². The lowest BCUT2D eigenvalue weighted by Crippen LogP contribution is -2.42. The molecule has 0 unspecified atom stereocenters. The average molecular weight is 339 g/mol. The van der Waals surface area contributed by atoms with E-state index in [1.54, 1.807) is 0 Å². The molecule has 2 aromatic carbocycles. The zero-order chi connectivity index (χ0) is 17.1. The summed E-state index contributed by atoms with van der Waals surface area (Å²) in [7, 11) is 1.81. The highest BCUT2D eigenvalue weighted by atomic mass is 16.7. The zero-order valence-electron chi connectivity index (χ0n) is 14.2. The second kappa shape index (κ2) is 6.93. The van der Waals surface area contributed by atoms with Gasteiger partial charge in [0.1, 0.15) is 12.4 Å². The van der Waals surface area contributed by atoms with Gasteiger partial charge in [-0.1, -0.05) is 18.2 Å². The highest BCUT2D eigenvalue weighted by molar-refractivity contribution is 5.97. The first-order valence-electron chi connectivity index (χ1n) is 8.44. The molecule has 0 aromatic heterocycles. The monoisotopic (exact) mass is 339 g/mol. The Bertz CT molecular complexity index is 791. The molecule has 0 saturated heterocycles. The Morgan fingerprint density at radius 3 is 3.00 bits per heavy atom. The number of ether oxygens (including phenoxy) is 3. The first kappa shape index (κ1) is 15.6. The Hall–Kier alpha value is -2.89. The van der Waals surface area contributed by atoms with Crippen molar-refractivity contribution >= 4 is 11.6 Å². The highest BCUT2D eigenvalue weighted by Crippen LogP contribution is 2.35. The molecular weight excluding hydrogens is 318 g/mol. The van der Waals surface area contributed by atoms with E-state index in [-0.39, 0.29) is 6.79 Å².